The number of hydrogen-bond acceptors (Lipinski definition) is 3. The van der Waals surface area contributed by atoms with Gasteiger partial charge in [-0.25, -0.2) is 0 Å². The van der Waals surface area contributed by atoms with Crippen LogP contribution in [-0.4, -0.2) is 16.4 Å². The van der Waals surface area contributed by atoms with Crippen LogP contribution in [0.1, 0.15) is 35.7 Å². The van der Waals surface area contributed by atoms with Crippen LogP contribution in [0.4, 0.5) is 0 Å². The first kappa shape index (κ1) is 12.4. The van der Waals surface area contributed by atoms with E-state index >= 15 is 0 Å². The van der Waals surface area contributed by atoms with E-state index in [4.69, 9.17) is 12.2 Å². The number of rotatable bonds is 5. The molecular formula is C12H14OS2. The summed E-state index contributed by atoms with van der Waals surface area (Å²) in [7, 11) is 0. The number of thiocarbonyl (C=S) groups is 1. The maximum absolute atomic E-state index is 10.5. The lowest BCUT2D eigenvalue weighted by Gasteiger charge is -2.08. The Morgan fingerprint density at radius 2 is 2.07 bits per heavy atom. The molecule has 0 aliphatic heterocycles. The van der Waals surface area contributed by atoms with Crippen molar-refractivity contribution in [2.24, 2.45) is 0 Å². The zero-order valence-corrected chi connectivity index (χ0v) is 10.4. The first-order valence-electron chi connectivity index (χ1n) is 4.94. The van der Waals surface area contributed by atoms with E-state index in [-0.39, 0.29) is 0 Å². The van der Waals surface area contributed by atoms with Crippen molar-refractivity contribution in [2.75, 3.05) is 0 Å². The molecule has 0 N–H and O–H groups in total. The Bertz CT molecular complexity index is 343. The number of carbonyl (C=O) groups excluding carboxylic acids is 1. The van der Waals surface area contributed by atoms with Gasteiger partial charge in [0.2, 0.25) is 0 Å². The normalized spacial score (nSPS) is 12.1. The third kappa shape index (κ3) is 3.76. The molecule has 0 saturated carbocycles. The van der Waals surface area contributed by atoms with Gasteiger partial charge in [0.1, 0.15) is 6.29 Å². The summed E-state index contributed by atoms with van der Waals surface area (Å²) in [6.45, 7) is 2.09. The molecule has 3 heteroatoms. The lowest BCUT2D eigenvalue weighted by molar-refractivity contribution is 0.112. The Morgan fingerprint density at radius 3 is 2.53 bits per heavy atom. The molecule has 0 aliphatic rings. The largest absolute Gasteiger partial charge is 0.298 e. The molecule has 1 unspecified atom stereocenters. The van der Waals surface area contributed by atoms with E-state index in [1.165, 1.54) is 0 Å². The van der Waals surface area contributed by atoms with Crippen molar-refractivity contribution in [1.82, 2.24) is 0 Å². The molecule has 1 rings (SSSR count). The summed E-state index contributed by atoms with van der Waals surface area (Å²) in [6, 6.07) is 7.35. The van der Waals surface area contributed by atoms with Gasteiger partial charge in [-0.3, -0.25) is 4.79 Å². The number of aldehydes is 1. The van der Waals surface area contributed by atoms with Crippen molar-refractivity contribution in [3.8, 4) is 0 Å². The second-order valence-electron chi connectivity index (χ2n) is 3.43. The second kappa shape index (κ2) is 6.03. The van der Waals surface area contributed by atoms with Crippen LogP contribution in [-0.2, 0) is 0 Å². The van der Waals surface area contributed by atoms with Gasteiger partial charge in [-0.1, -0.05) is 43.4 Å². The standard InChI is InChI=1S/C12H14OS2/c1-2-11(14)7-12(15)10-5-3-9(8-13)4-6-10/h3-6,8,11,14H,2,7H2,1H3. The summed E-state index contributed by atoms with van der Waals surface area (Å²) < 4.78 is 0. The Balaban J connectivity index is 2.70. The van der Waals surface area contributed by atoms with Gasteiger partial charge in [-0.15, -0.1) is 0 Å². The molecule has 0 aromatic heterocycles. The van der Waals surface area contributed by atoms with Crippen molar-refractivity contribution in [2.45, 2.75) is 25.0 Å². The fourth-order valence-electron chi connectivity index (χ4n) is 1.22. The van der Waals surface area contributed by atoms with Crippen LogP contribution in [0.15, 0.2) is 24.3 Å². The zero-order chi connectivity index (χ0) is 11.3. The Hall–Kier alpha value is -0.670. The first-order chi connectivity index (χ1) is 7.17. The molecule has 0 heterocycles. The highest BCUT2D eigenvalue weighted by Gasteiger charge is 2.06. The molecule has 0 radical (unpaired) electrons. The van der Waals surface area contributed by atoms with Gasteiger partial charge in [0.25, 0.3) is 0 Å². The highest BCUT2D eigenvalue weighted by molar-refractivity contribution is 7.82. The SMILES string of the molecule is CCC(S)CC(=S)c1ccc(C=O)cc1. The molecule has 0 aliphatic carbocycles. The maximum atomic E-state index is 10.5. The molecular weight excluding hydrogens is 224 g/mol. The average Bonchev–Trinajstić information content (AvgIpc) is 2.29. The minimum absolute atomic E-state index is 0.322. The van der Waals surface area contributed by atoms with Crippen LogP contribution in [0.3, 0.4) is 0 Å². The van der Waals surface area contributed by atoms with Crippen molar-refractivity contribution in [1.29, 1.82) is 0 Å². The molecule has 1 nitrogen and oxygen atoms in total. The highest BCUT2D eigenvalue weighted by atomic mass is 32.1. The number of thiol groups is 1. The molecule has 0 saturated heterocycles. The molecule has 0 bridgehead atoms. The molecule has 0 spiro atoms. The quantitative estimate of drug-likeness (QED) is 0.367. The Morgan fingerprint density at radius 1 is 1.47 bits per heavy atom. The predicted molar refractivity (Wildman–Crippen MR) is 71.2 cm³/mol. The summed E-state index contributed by atoms with van der Waals surface area (Å²) in [5, 5.41) is 0.322. The molecule has 1 aromatic rings. The van der Waals surface area contributed by atoms with Crippen LogP contribution in [0, 0.1) is 0 Å². The van der Waals surface area contributed by atoms with Crippen LogP contribution < -0.4 is 0 Å². The van der Waals surface area contributed by atoms with Crippen LogP contribution in [0.25, 0.3) is 0 Å². The Kier molecular flexibility index (Phi) is 4.99. The summed E-state index contributed by atoms with van der Waals surface area (Å²) in [4.78, 5) is 11.4. The van der Waals surface area contributed by atoms with E-state index < -0.39 is 0 Å². The molecule has 0 amide bonds. The van der Waals surface area contributed by atoms with Crippen molar-refractivity contribution >= 4 is 36.0 Å². The summed E-state index contributed by atoms with van der Waals surface area (Å²) >= 11 is 9.72. The van der Waals surface area contributed by atoms with E-state index in [1.807, 2.05) is 12.1 Å². The summed E-state index contributed by atoms with van der Waals surface area (Å²) in [5.74, 6) is 0. The highest BCUT2D eigenvalue weighted by Crippen LogP contribution is 2.13. The minimum atomic E-state index is 0.322. The Labute approximate surface area is 101 Å². The van der Waals surface area contributed by atoms with Crippen LogP contribution in [0.5, 0.6) is 0 Å². The van der Waals surface area contributed by atoms with Gasteiger partial charge >= 0.3 is 0 Å². The van der Waals surface area contributed by atoms with E-state index in [0.29, 0.717) is 10.8 Å². The van der Waals surface area contributed by atoms with Gasteiger partial charge < -0.3 is 0 Å². The monoisotopic (exact) mass is 238 g/mol. The van der Waals surface area contributed by atoms with E-state index in [0.717, 1.165) is 29.6 Å². The van der Waals surface area contributed by atoms with Gasteiger partial charge in [-0.05, 0) is 18.4 Å². The fourth-order valence-corrected chi connectivity index (χ4v) is 1.87. The number of benzene rings is 1. The minimum Gasteiger partial charge on any atom is -0.298 e. The van der Waals surface area contributed by atoms with E-state index in [2.05, 4.69) is 19.6 Å². The lowest BCUT2D eigenvalue weighted by atomic mass is 10.1. The number of hydrogen-bond donors (Lipinski definition) is 1. The summed E-state index contributed by atoms with van der Waals surface area (Å²) in [5.41, 5.74) is 1.70. The number of carbonyl (C=O) groups is 1. The van der Waals surface area contributed by atoms with E-state index in [9.17, 15) is 4.79 Å². The van der Waals surface area contributed by atoms with Gasteiger partial charge in [-0.2, -0.15) is 12.6 Å². The molecule has 1 atom stereocenters. The van der Waals surface area contributed by atoms with Crippen molar-refractivity contribution in [3.05, 3.63) is 35.4 Å². The maximum Gasteiger partial charge on any atom is 0.150 e. The topological polar surface area (TPSA) is 17.1 Å². The van der Waals surface area contributed by atoms with Crippen molar-refractivity contribution < 1.29 is 4.79 Å². The first-order valence-corrected chi connectivity index (χ1v) is 5.86. The zero-order valence-electron chi connectivity index (χ0n) is 8.64. The molecule has 80 valence electrons. The summed E-state index contributed by atoms with van der Waals surface area (Å²) in [6.07, 6.45) is 2.66. The van der Waals surface area contributed by atoms with Crippen LogP contribution in [0.2, 0.25) is 0 Å². The van der Waals surface area contributed by atoms with Gasteiger partial charge in [0.05, 0.1) is 0 Å². The third-order valence-electron chi connectivity index (χ3n) is 2.26. The third-order valence-corrected chi connectivity index (χ3v) is 3.21. The molecule has 15 heavy (non-hydrogen) atoms. The fraction of sp³-hybridized carbons (Fsp3) is 0.333. The van der Waals surface area contributed by atoms with Crippen molar-refractivity contribution in [3.63, 3.8) is 0 Å². The van der Waals surface area contributed by atoms with Crippen LogP contribution >= 0.6 is 24.8 Å². The van der Waals surface area contributed by atoms with E-state index in [1.54, 1.807) is 12.1 Å². The average molecular weight is 238 g/mol. The predicted octanol–water partition coefficient (Wildman–Crippen LogP) is 3.32. The smallest absolute Gasteiger partial charge is 0.150 e. The van der Waals surface area contributed by atoms with Gasteiger partial charge in [0, 0.05) is 15.7 Å². The lowest BCUT2D eigenvalue weighted by Crippen LogP contribution is -2.06. The molecule has 0 fully saturated rings. The molecule has 1 aromatic carbocycles. The second-order valence-corrected chi connectivity index (χ2v) is 4.65. The van der Waals surface area contributed by atoms with Gasteiger partial charge in [0.15, 0.2) is 0 Å².